The summed E-state index contributed by atoms with van der Waals surface area (Å²) < 4.78 is 14.0. The first kappa shape index (κ1) is 12.5. The SMILES string of the molecule is Cc1ccc(F)cc1CC(=O)c1cc(Br)cs1. The lowest BCUT2D eigenvalue weighted by atomic mass is 10.0. The predicted molar refractivity (Wildman–Crippen MR) is 71.2 cm³/mol. The molecule has 0 saturated heterocycles. The van der Waals surface area contributed by atoms with Crippen molar-refractivity contribution in [1.29, 1.82) is 0 Å². The van der Waals surface area contributed by atoms with Gasteiger partial charge in [0.25, 0.3) is 0 Å². The molecule has 0 aliphatic carbocycles. The van der Waals surface area contributed by atoms with Crippen molar-refractivity contribution in [3.05, 3.63) is 55.9 Å². The van der Waals surface area contributed by atoms with E-state index in [1.165, 1.54) is 23.5 Å². The van der Waals surface area contributed by atoms with Crippen molar-refractivity contribution < 1.29 is 9.18 Å². The molecule has 1 aromatic carbocycles. The summed E-state index contributed by atoms with van der Waals surface area (Å²) in [7, 11) is 0. The summed E-state index contributed by atoms with van der Waals surface area (Å²) in [4.78, 5) is 12.7. The van der Waals surface area contributed by atoms with Crippen LogP contribution in [-0.4, -0.2) is 5.78 Å². The van der Waals surface area contributed by atoms with Crippen molar-refractivity contribution in [2.45, 2.75) is 13.3 Å². The van der Waals surface area contributed by atoms with Gasteiger partial charge in [-0.3, -0.25) is 4.79 Å². The normalized spacial score (nSPS) is 10.5. The molecule has 1 nitrogen and oxygen atoms in total. The number of hydrogen-bond donors (Lipinski definition) is 0. The average molecular weight is 313 g/mol. The van der Waals surface area contributed by atoms with Crippen LogP contribution in [0.4, 0.5) is 4.39 Å². The Balaban J connectivity index is 2.21. The molecule has 0 fully saturated rings. The zero-order valence-corrected chi connectivity index (χ0v) is 11.6. The lowest BCUT2D eigenvalue weighted by molar-refractivity contribution is 0.0996. The fourth-order valence-corrected chi connectivity index (χ4v) is 2.92. The Morgan fingerprint density at radius 2 is 2.18 bits per heavy atom. The second kappa shape index (κ2) is 5.10. The Morgan fingerprint density at radius 3 is 2.82 bits per heavy atom. The van der Waals surface area contributed by atoms with E-state index in [4.69, 9.17) is 0 Å². The molecule has 17 heavy (non-hydrogen) atoms. The molecule has 0 N–H and O–H groups in total. The van der Waals surface area contributed by atoms with Crippen LogP contribution in [0.25, 0.3) is 0 Å². The summed E-state index contributed by atoms with van der Waals surface area (Å²) in [5.74, 6) is -0.278. The fourth-order valence-electron chi connectivity index (χ4n) is 1.55. The molecule has 0 unspecified atom stereocenters. The van der Waals surface area contributed by atoms with Gasteiger partial charge >= 0.3 is 0 Å². The monoisotopic (exact) mass is 312 g/mol. The molecule has 0 atom stereocenters. The predicted octanol–water partition coefficient (Wildman–Crippen LogP) is 4.38. The molecule has 0 saturated carbocycles. The van der Waals surface area contributed by atoms with Gasteiger partial charge in [0.15, 0.2) is 5.78 Å². The lowest BCUT2D eigenvalue weighted by Crippen LogP contribution is -2.03. The van der Waals surface area contributed by atoms with Crippen LogP contribution < -0.4 is 0 Å². The Kier molecular flexibility index (Phi) is 3.74. The highest BCUT2D eigenvalue weighted by Crippen LogP contribution is 2.22. The van der Waals surface area contributed by atoms with Gasteiger partial charge < -0.3 is 0 Å². The molecule has 88 valence electrons. The summed E-state index contributed by atoms with van der Waals surface area (Å²) in [5, 5.41) is 1.87. The zero-order chi connectivity index (χ0) is 12.4. The summed E-state index contributed by atoms with van der Waals surface area (Å²) in [6.07, 6.45) is 0.247. The third-order valence-electron chi connectivity index (χ3n) is 2.50. The van der Waals surface area contributed by atoms with Crippen LogP contribution in [-0.2, 0) is 6.42 Å². The number of aryl methyl sites for hydroxylation is 1. The Bertz CT molecular complexity index is 562. The quantitative estimate of drug-likeness (QED) is 0.768. The number of hydrogen-bond acceptors (Lipinski definition) is 2. The van der Waals surface area contributed by atoms with Gasteiger partial charge in [0.1, 0.15) is 5.82 Å². The van der Waals surface area contributed by atoms with Gasteiger partial charge in [0, 0.05) is 16.3 Å². The molecule has 0 bridgehead atoms. The molecular formula is C13H10BrFOS. The van der Waals surface area contributed by atoms with E-state index in [1.54, 1.807) is 12.1 Å². The van der Waals surface area contributed by atoms with Gasteiger partial charge in [-0.25, -0.2) is 4.39 Å². The van der Waals surface area contributed by atoms with Gasteiger partial charge in [-0.05, 0) is 52.2 Å². The third kappa shape index (κ3) is 3.01. The van der Waals surface area contributed by atoms with Crippen molar-refractivity contribution in [2.24, 2.45) is 0 Å². The smallest absolute Gasteiger partial charge is 0.177 e. The van der Waals surface area contributed by atoms with E-state index in [2.05, 4.69) is 15.9 Å². The largest absolute Gasteiger partial charge is 0.293 e. The molecule has 4 heteroatoms. The van der Waals surface area contributed by atoms with Crippen molar-refractivity contribution in [2.75, 3.05) is 0 Å². The number of carbonyl (C=O) groups is 1. The summed E-state index contributed by atoms with van der Waals surface area (Å²) >= 11 is 4.71. The molecule has 0 radical (unpaired) electrons. The van der Waals surface area contributed by atoms with E-state index in [9.17, 15) is 9.18 Å². The summed E-state index contributed by atoms with van der Waals surface area (Å²) in [6, 6.07) is 6.32. The Morgan fingerprint density at radius 1 is 1.41 bits per heavy atom. The molecule has 2 rings (SSSR count). The minimum Gasteiger partial charge on any atom is -0.293 e. The minimum atomic E-state index is -0.300. The highest BCUT2D eigenvalue weighted by Gasteiger charge is 2.11. The average Bonchev–Trinajstić information content (AvgIpc) is 2.70. The molecule has 1 heterocycles. The van der Waals surface area contributed by atoms with E-state index in [0.717, 1.165) is 15.6 Å². The lowest BCUT2D eigenvalue weighted by Gasteiger charge is -2.04. The highest BCUT2D eigenvalue weighted by atomic mass is 79.9. The molecule has 1 aromatic heterocycles. The fraction of sp³-hybridized carbons (Fsp3) is 0.154. The zero-order valence-electron chi connectivity index (χ0n) is 9.17. The second-order valence-electron chi connectivity index (χ2n) is 3.80. The Labute approximate surface area is 111 Å². The van der Waals surface area contributed by atoms with Gasteiger partial charge in [-0.2, -0.15) is 0 Å². The topological polar surface area (TPSA) is 17.1 Å². The van der Waals surface area contributed by atoms with E-state index >= 15 is 0 Å². The van der Waals surface area contributed by atoms with Crippen LogP contribution in [0.1, 0.15) is 20.8 Å². The van der Waals surface area contributed by atoms with Gasteiger partial charge in [-0.1, -0.05) is 6.07 Å². The Hall–Kier alpha value is -1.000. The van der Waals surface area contributed by atoms with Crippen molar-refractivity contribution in [1.82, 2.24) is 0 Å². The van der Waals surface area contributed by atoms with E-state index in [-0.39, 0.29) is 18.0 Å². The standard InChI is InChI=1S/C13H10BrFOS/c1-8-2-3-11(15)4-9(8)5-12(16)13-6-10(14)7-17-13/h2-4,6-7H,5H2,1H3. The maximum absolute atomic E-state index is 13.1. The third-order valence-corrected chi connectivity index (χ3v) is 4.24. The number of benzene rings is 1. The first-order valence-electron chi connectivity index (χ1n) is 5.08. The number of carbonyl (C=O) groups excluding carboxylic acids is 1. The molecule has 0 aliphatic heterocycles. The van der Waals surface area contributed by atoms with Crippen LogP contribution in [0.3, 0.4) is 0 Å². The van der Waals surface area contributed by atoms with Crippen molar-refractivity contribution >= 4 is 33.0 Å². The number of thiophene rings is 1. The number of halogens is 2. The first-order valence-corrected chi connectivity index (χ1v) is 6.76. The molecule has 2 aromatic rings. The van der Waals surface area contributed by atoms with E-state index in [0.29, 0.717) is 4.88 Å². The maximum atomic E-state index is 13.1. The van der Waals surface area contributed by atoms with Gasteiger partial charge in [0.05, 0.1) is 4.88 Å². The van der Waals surface area contributed by atoms with E-state index in [1.807, 2.05) is 12.3 Å². The first-order chi connectivity index (χ1) is 8.06. The van der Waals surface area contributed by atoms with E-state index < -0.39 is 0 Å². The molecule has 0 aliphatic rings. The molecule has 0 spiro atoms. The van der Waals surface area contributed by atoms with Crippen LogP contribution in [0.15, 0.2) is 34.1 Å². The number of Topliss-reactive ketones (excluding diaryl/α,β-unsaturated/α-hetero) is 1. The minimum absolute atomic E-state index is 0.0226. The van der Waals surface area contributed by atoms with Gasteiger partial charge in [-0.15, -0.1) is 11.3 Å². The van der Waals surface area contributed by atoms with Gasteiger partial charge in [0.2, 0.25) is 0 Å². The summed E-state index contributed by atoms with van der Waals surface area (Å²) in [5.41, 5.74) is 1.69. The summed E-state index contributed by atoms with van der Waals surface area (Å²) in [6.45, 7) is 1.88. The van der Waals surface area contributed by atoms with Crippen molar-refractivity contribution in [3.63, 3.8) is 0 Å². The number of ketones is 1. The van der Waals surface area contributed by atoms with Crippen molar-refractivity contribution in [3.8, 4) is 0 Å². The van der Waals surface area contributed by atoms with Crippen LogP contribution >= 0.6 is 27.3 Å². The maximum Gasteiger partial charge on any atom is 0.177 e. The highest BCUT2D eigenvalue weighted by molar-refractivity contribution is 9.10. The second-order valence-corrected chi connectivity index (χ2v) is 5.63. The molecule has 0 amide bonds. The van der Waals surface area contributed by atoms with Crippen LogP contribution in [0.5, 0.6) is 0 Å². The van der Waals surface area contributed by atoms with Crippen LogP contribution in [0, 0.1) is 12.7 Å². The number of rotatable bonds is 3. The molecular weight excluding hydrogens is 303 g/mol. The van der Waals surface area contributed by atoms with Crippen LogP contribution in [0.2, 0.25) is 0 Å².